The third-order valence-electron chi connectivity index (χ3n) is 3.65. The maximum Gasteiger partial charge on any atom is 0.122 e. The van der Waals surface area contributed by atoms with Gasteiger partial charge in [-0.25, -0.2) is 0 Å². The van der Waals surface area contributed by atoms with Crippen LogP contribution in [0.25, 0.3) is 0 Å². The van der Waals surface area contributed by atoms with Crippen LogP contribution in [0.2, 0.25) is 0 Å². The molecule has 0 fully saturated rings. The second kappa shape index (κ2) is 7.48. The minimum Gasteiger partial charge on any atom is -0.496 e. The molecular weight excluding hydrogens is 316 g/mol. The second-order valence-electron chi connectivity index (χ2n) is 5.02. The van der Waals surface area contributed by atoms with E-state index in [0.29, 0.717) is 5.92 Å². The lowest BCUT2D eigenvalue weighted by Gasteiger charge is -2.16. The van der Waals surface area contributed by atoms with Gasteiger partial charge in [-0.2, -0.15) is 5.10 Å². The maximum atomic E-state index is 5.43. The largest absolute Gasteiger partial charge is 0.496 e. The Balaban J connectivity index is 1.97. The van der Waals surface area contributed by atoms with Crippen molar-refractivity contribution in [1.29, 1.82) is 0 Å². The first kappa shape index (κ1) is 15.1. The molecule has 1 heterocycles. The first-order valence-electron chi connectivity index (χ1n) is 6.89. The van der Waals surface area contributed by atoms with Crippen molar-refractivity contribution in [3.63, 3.8) is 0 Å². The van der Waals surface area contributed by atoms with E-state index in [9.17, 15) is 0 Å². The Kier molecular flexibility index (Phi) is 5.65. The predicted octanol–water partition coefficient (Wildman–Crippen LogP) is 3.62. The van der Waals surface area contributed by atoms with Crippen LogP contribution in [0.3, 0.4) is 0 Å². The van der Waals surface area contributed by atoms with Crippen molar-refractivity contribution in [3.8, 4) is 5.75 Å². The molecule has 20 heavy (non-hydrogen) atoms. The number of methoxy groups -OCH3 is 1. The Morgan fingerprint density at radius 3 is 2.75 bits per heavy atom. The molecule has 0 saturated carbocycles. The zero-order valence-electron chi connectivity index (χ0n) is 12.1. The summed E-state index contributed by atoms with van der Waals surface area (Å²) in [6.07, 6.45) is 5.09. The Labute approximate surface area is 129 Å². The SMILES string of the molecule is COc1ccccc1CC(CBr)CCc1ccnn1C. The number of halogens is 1. The second-order valence-corrected chi connectivity index (χ2v) is 5.67. The first-order chi connectivity index (χ1) is 9.74. The number of para-hydroxylation sites is 1. The van der Waals surface area contributed by atoms with Crippen LogP contribution in [-0.4, -0.2) is 22.2 Å². The molecule has 1 unspecified atom stereocenters. The van der Waals surface area contributed by atoms with E-state index < -0.39 is 0 Å². The minimum atomic E-state index is 0.598. The van der Waals surface area contributed by atoms with E-state index in [0.717, 1.165) is 30.3 Å². The number of hydrogen-bond acceptors (Lipinski definition) is 2. The summed E-state index contributed by atoms with van der Waals surface area (Å²) in [6, 6.07) is 10.4. The average Bonchev–Trinajstić information content (AvgIpc) is 2.89. The van der Waals surface area contributed by atoms with Crippen molar-refractivity contribution in [2.45, 2.75) is 19.3 Å². The number of nitrogens with zero attached hydrogens (tertiary/aromatic N) is 2. The van der Waals surface area contributed by atoms with Gasteiger partial charge in [0.1, 0.15) is 5.75 Å². The molecule has 3 nitrogen and oxygen atoms in total. The van der Waals surface area contributed by atoms with E-state index >= 15 is 0 Å². The van der Waals surface area contributed by atoms with Gasteiger partial charge in [0.25, 0.3) is 0 Å². The molecule has 0 N–H and O–H groups in total. The van der Waals surface area contributed by atoms with Gasteiger partial charge in [-0.15, -0.1) is 0 Å². The standard InChI is InChI=1S/C16H21BrN2O/c1-19-15(9-10-18-19)8-7-13(12-17)11-14-5-3-4-6-16(14)20-2/h3-6,9-10,13H,7-8,11-12H2,1-2H3. The minimum absolute atomic E-state index is 0.598. The van der Waals surface area contributed by atoms with Crippen LogP contribution in [0.4, 0.5) is 0 Å². The van der Waals surface area contributed by atoms with Crippen molar-refractivity contribution in [2.75, 3.05) is 12.4 Å². The van der Waals surface area contributed by atoms with Crippen molar-refractivity contribution in [2.24, 2.45) is 13.0 Å². The fraction of sp³-hybridized carbons (Fsp3) is 0.438. The van der Waals surface area contributed by atoms with Crippen LogP contribution in [0.1, 0.15) is 17.7 Å². The van der Waals surface area contributed by atoms with Gasteiger partial charge in [0, 0.05) is 24.3 Å². The van der Waals surface area contributed by atoms with E-state index in [-0.39, 0.29) is 0 Å². The van der Waals surface area contributed by atoms with Crippen LogP contribution in [0.15, 0.2) is 36.5 Å². The summed E-state index contributed by atoms with van der Waals surface area (Å²) >= 11 is 3.64. The third-order valence-corrected chi connectivity index (χ3v) is 4.57. The molecule has 0 saturated heterocycles. The van der Waals surface area contributed by atoms with E-state index in [2.05, 4.69) is 39.2 Å². The fourth-order valence-corrected chi connectivity index (χ4v) is 2.97. The van der Waals surface area contributed by atoms with Crippen molar-refractivity contribution >= 4 is 15.9 Å². The monoisotopic (exact) mass is 336 g/mol. The molecule has 0 amide bonds. The molecule has 0 aliphatic heterocycles. The molecule has 108 valence electrons. The zero-order chi connectivity index (χ0) is 14.4. The lowest BCUT2D eigenvalue weighted by molar-refractivity contribution is 0.404. The summed E-state index contributed by atoms with van der Waals surface area (Å²) in [6.45, 7) is 0. The number of hydrogen-bond donors (Lipinski definition) is 0. The van der Waals surface area contributed by atoms with Gasteiger partial charge < -0.3 is 4.74 Å². The third kappa shape index (κ3) is 3.85. The molecule has 2 rings (SSSR count). The first-order valence-corrected chi connectivity index (χ1v) is 8.01. The smallest absolute Gasteiger partial charge is 0.122 e. The number of alkyl halides is 1. The Hall–Kier alpha value is -1.29. The van der Waals surface area contributed by atoms with E-state index in [1.54, 1.807) is 7.11 Å². The summed E-state index contributed by atoms with van der Waals surface area (Å²) in [7, 11) is 3.73. The lowest BCUT2D eigenvalue weighted by Crippen LogP contribution is -2.10. The molecule has 1 aromatic heterocycles. The Morgan fingerprint density at radius 2 is 2.10 bits per heavy atom. The van der Waals surface area contributed by atoms with Crippen LogP contribution in [0.5, 0.6) is 5.75 Å². The van der Waals surface area contributed by atoms with Crippen LogP contribution >= 0.6 is 15.9 Å². The van der Waals surface area contributed by atoms with Crippen molar-refractivity contribution in [3.05, 3.63) is 47.8 Å². The van der Waals surface area contributed by atoms with E-state index in [1.165, 1.54) is 11.3 Å². The Bertz CT molecular complexity index is 539. The summed E-state index contributed by atoms with van der Waals surface area (Å²) < 4.78 is 7.38. The topological polar surface area (TPSA) is 27.1 Å². The predicted molar refractivity (Wildman–Crippen MR) is 85.5 cm³/mol. The van der Waals surface area contributed by atoms with Crippen molar-refractivity contribution < 1.29 is 4.74 Å². The lowest BCUT2D eigenvalue weighted by atomic mass is 9.95. The number of rotatable bonds is 7. The van der Waals surface area contributed by atoms with Crippen LogP contribution in [0, 0.1) is 5.92 Å². The Morgan fingerprint density at radius 1 is 1.30 bits per heavy atom. The average molecular weight is 337 g/mol. The summed E-state index contributed by atoms with van der Waals surface area (Å²) in [4.78, 5) is 0. The molecule has 1 aromatic carbocycles. The molecule has 0 radical (unpaired) electrons. The molecule has 4 heteroatoms. The number of aromatic nitrogens is 2. The summed E-state index contributed by atoms with van der Waals surface area (Å²) in [5, 5.41) is 5.22. The number of benzene rings is 1. The van der Waals surface area contributed by atoms with Gasteiger partial charge in [0.05, 0.1) is 7.11 Å². The van der Waals surface area contributed by atoms with Gasteiger partial charge in [0.15, 0.2) is 0 Å². The van der Waals surface area contributed by atoms with Gasteiger partial charge in [-0.3, -0.25) is 4.68 Å². The highest BCUT2D eigenvalue weighted by atomic mass is 79.9. The van der Waals surface area contributed by atoms with Gasteiger partial charge in [0.2, 0.25) is 0 Å². The highest BCUT2D eigenvalue weighted by Gasteiger charge is 2.12. The van der Waals surface area contributed by atoms with Gasteiger partial charge in [-0.1, -0.05) is 34.1 Å². The highest BCUT2D eigenvalue weighted by molar-refractivity contribution is 9.09. The van der Waals surface area contributed by atoms with E-state index in [4.69, 9.17) is 4.74 Å². The summed E-state index contributed by atoms with van der Waals surface area (Å²) in [5.74, 6) is 1.58. The fourth-order valence-electron chi connectivity index (χ4n) is 2.41. The molecule has 0 spiro atoms. The molecule has 0 aliphatic rings. The quantitative estimate of drug-likeness (QED) is 0.722. The van der Waals surface area contributed by atoms with Crippen LogP contribution in [-0.2, 0) is 19.9 Å². The summed E-state index contributed by atoms with van der Waals surface area (Å²) in [5.41, 5.74) is 2.57. The van der Waals surface area contributed by atoms with Crippen LogP contribution < -0.4 is 4.74 Å². The van der Waals surface area contributed by atoms with Crippen molar-refractivity contribution in [1.82, 2.24) is 9.78 Å². The van der Waals surface area contributed by atoms with Gasteiger partial charge in [-0.05, 0) is 42.9 Å². The molecule has 2 aromatic rings. The van der Waals surface area contributed by atoms with E-state index in [1.807, 2.05) is 30.1 Å². The molecule has 0 bridgehead atoms. The maximum absolute atomic E-state index is 5.43. The zero-order valence-corrected chi connectivity index (χ0v) is 13.6. The number of ether oxygens (including phenoxy) is 1. The molecule has 0 aliphatic carbocycles. The highest BCUT2D eigenvalue weighted by Crippen LogP contribution is 2.24. The molecular formula is C16H21BrN2O. The number of aryl methyl sites for hydroxylation is 2. The normalized spacial score (nSPS) is 12.3. The molecule has 1 atom stereocenters. The van der Waals surface area contributed by atoms with Gasteiger partial charge >= 0.3 is 0 Å².